The Bertz CT molecular complexity index is 445. The third-order valence-electron chi connectivity index (χ3n) is 3.54. The van der Waals surface area contributed by atoms with Gasteiger partial charge in [-0.3, -0.25) is 0 Å². The normalized spacial score (nSPS) is 15.5. The highest BCUT2D eigenvalue weighted by Gasteiger charge is 2.21. The van der Waals surface area contributed by atoms with E-state index in [1.807, 2.05) is 13.8 Å². The number of halogens is 2. The van der Waals surface area contributed by atoms with Gasteiger partial charge < -0.3 is 20.3 Å². The molecule has 0 aliphatic heterocycles. The molecule has 0 saturated heterocycles. The van der Waals surface area contributed by atoms with Gasteiger partial charge in [0, 0.05) is 24.8 Å². The molecule has 2 unspecified atom stereocenters. The van der Waals surface area contributed by atoms with Crippen LogP contribution >= 0.6 is 23.2 Å². The predicted molar refractivity (Wildman–Crippen MR) is 86.4 cm³/mol. The van der Waals surface area contributed by atoms with Crippen LogP contribution in [0.5, 0.6) is 5.75 Å². The fraction of sp³-hybridized carbons (Fsp3) is 0.600. The smallest absolute Gasteiger partial charge is 0.121 e. The van der Waals surface area contributed by atoms with Crippen LogP contribution in [0.3, 0.4) is 0 Å². The van der Waals surface area contributed by atoms with Crippen LogP contribution in [0.4, 0.5) is 0 Å². The number of hydrogen-bond acceptors (Lipinski definition) is 4. The van der Waals surface area contributed by atoms with Gasteiger partial charge in [-0.25, -0.2) is 0 Å². The Morgan fingerprint density at radius 1 is 1.33 bits per heavy atom. The van der Waals surface area contributed by atoms with Gasteiger partial charge in [0.15, 0.2) is 0 Å². The van der Waals surface area contributed by atoms with Crippen molar-refractivity contribution in [2.75, 3.05) is 19.8 Å². The number of ether oxygens (including phenoxy) is 1. The SMILES string of the molecule is CCC(C)(CCO)NCC(O)COc1ccc(Cl)c(Cl)c1. The number of β-amino-alcohol motifs (C(OH)–C–C–N with tert-alkyl or cyclic N) is 1. The first-order valence-electron chi connectivity index (χ1n) is 7.02. The topological polar surface area (TPSA) is 61.7 Å². The maximum atomic E-state index is 9.95. The molecule has 0 amide bonds. The lowest BCUT2D eigenvalue weighted by atomic mass is 9.95. The molecule has 21 heavy (non-hydrogen) atoms. The van der Waals surface area contributed by atoms with Gasteiger partial charge in [0.2, 0.25) is 0 Å². The van der Waals surface area contributed by atoms with Crippen molar-refractivity contribution in [3.63, 3.8) is 0 Å². The van der Waals surface area contributed by atoms with Crippen LogP contribution in [0.25, 0.3) is 0 Å². The molecular weight excluding hydrogens is 313 g/mol. The Morgan fingerprint density at radius 2 is 2.05 bits per heavy atom. The van der Waals surface area contributed by atoms with E-state index in [0.29, 0.717) is 28.8 Å². The van der Waals surface area contributed by atoms with Crippen molar-refractivity contribution in [2.45, 2.75) is 38.3 Å². The Morgan fingerprint density at radius 3 is 2.62 bits per heavy atom. The molecule has 0 saturated carbocycles. The van der Waals surface area contributed by atoms with Gasteiger partial charge >= 0.3 is 0 Å². The van der Waals surface area contributed by atoms with Gasteiger partial charge in [0.05, 0.1) is 10.0 Å². The van der Waals surface area contributed by atoms with Crippen LogP contribution in [0.15, 0.2) is 18.2 Å². The maximum absolute atomic E-state index is 9.95. The highest BCUT2D eigenvalue weighted by atomic mass is 35.5. The summed E-state index contributed by atoms with van der Waals surface area (Å²) in [6.07, 6.45) is 0.863. The minimum absolute atomic E-state index is 0.118. The van der Waals surface area contributed by atoms with E-state index in [4.69, 9.17) is 33.0 Å². The van der Waals surface area contributed by atoms with Gasteiger partial charge in [-0.15, -0.1) is 0 Å². The van der Waals surface area contributed by atoms with E-state index in [2.05, 4.69) is 5.32 Å². The molecule has 2 atom stereocenters. The summed E-state index contributed by atoms with van der Waals surface area (Å²) in [4.78, 5) is 0. The molecule has 0 aliphatic carbocycles. The van der Waals surface area contributed by atoms with Crippen LogP contribution in [0, 0.1) is 0 Å². The fourth-order valence-electron chi connectivity index (χ4n) is 1.82. The van der Waals surface area contributed by atoms with Gasteiger partial charge in [0.25, 0.3) is 0 Å². The van der Waals surface area contributed by atoms with Gasteiger partial charge in [-0.2, -0.15) is 0 Å². The van der Waals surface area contributed by atoms with E-state index in [1.54, 1.807) is 18.2 Å². The quantitative estimate of drug-likeness (QED) is 0.649. The second-order valence-electron chi connectivity index (χ2n) is 5.31. The van der Waals surface area contributed by atoms with E-state index in [1.165, 1.54) is 0 Å². The zero-order chi connectivity index (χ0) is 15.9. The van der Waals surface area contributed by atoms with Crippen molar-refractivity contribution in [3.05, 3.63) is 28.2 Å². The summed E-state index contributed by atoms with van der Waals surface area (Å²) < 4.78 is 5.48. The van der Waals surface area contributed by atoms with E-state index < -0.39 is 6.10 Å². The minimum atomic E-state index is -0.649. The van der Waals surface area contributed by atoms with Crippen molar-refractivity contribution in [2.24, 2.45) is 0 Å². The van der Waals surface area contributed by atoms with Crippen LogP contribution in [0.2, 0.25) is 10.0 Å². The molecule has 0 aliphatic rings. The molecule has 1 aromatic carbocycles. The molecule has 0 heterocycles. The summed E-state index contributed by atoms with van der Waals surface area (Å²) in [6, 6.07) is 4.97. The van der Waals surface area contributed by atoms with Crippen LogP contribution in [-0.4, -0.2) is 41.6 Å². The highest BCUT2D eigenvalue weighted by molar-refractivity contribution is 6.42. The molecule has 6 heteroatoms. The van der Waals surface area contributed by atoms with E-state index in [9.17, 15) is 5.11 Å². The van der Waals surface area contributed by atoms with Crippen molar-refractivity contribution in [1.29, 1.82) is 0 Å². The second-order valence-corrected chi connectivity index (χ2v) is 6.12. The van der Waals surface area contributed by atoms with Gasteiger partial charge in [0.1, 0.15) is 18.5 Å². The lowest BCUT2D eigenvalue weighted by Gasteiger charge is -2.30. The number of benzene rings is 1. The summed E-state index contributed by atoms with van der Waals surface area (Å²) in [5, 5.41) is 23.2. The van der Waals surface area contributed by atoms with Gasteiger partial charge in [-0.1, -0.05) is 30.1 Å². The van der Waals surface area contributed by atoms with Crippen molar-refractivity contribution in [3.8, 4) is 5.75 Å². The molecule has 3 N–H and O–H groups in total. The van der Waals surface area contributed by atoms with E-state index >= 15 is 0 Å². The molecule has 0 aromatic heterocycles. The van der Waals surface area contributed by atoms with Crippen LogP contribution in [-0.2, 0) is 0 Å². The first-order valence-corrected chi connectivity index (χ1v) is 7.77. The Balaban J connectivity index is 2.40. The fourth-order valence-corrected chi connectivity index (χ4v) is 2.11. The molecule has 120 valence electrons. The van der Waals surface area contributed by atoms with Crippen LogP contribution < -0.4 is 10.1 Å². The maximum Gasteiger partial charge on any atom is 0.121 e. The first kappa shape index (κ1) is 18.5. The first-order chi connectivity index (χ1) is 9.90. The molecule has 1 aromatic rings. The monoisotopic (exact) mass is 335 g/mol. The summed E-state index contributed by atoms with van der Waals surface area (Å²) in [5.41, 5.74) is -0.181. The number of rotatable bonds is 9. The largest absolute Gasteiger partial charge is 0.491 e. The standard InChI is InChI=1S/C15H23Cl2NO3/c1-3-15(2,6-7-19)18-9-11(20)10-21-12-4-5-13(16)14(17)8-12/h4-5,8,11,18-20H,3,6-7,9-10H2,1-2H3. The molecule has 0 spiro atoms. The summed E-state index contributed by atoms with van der Waals surface area (Å²) >= 11 is 11.7. The number of nitrogens with one attached hydrogen (secondary N) is 1. The molecule has 0 radical (unpaired) electrons. The summed E-state index contributed by atoms with van der Waals surface area (Å²) in [6.45, 7) is 4.74. The molecule has 0 fully saturated rings. The second kappa shape index (κ2) is 8.81. The van der Waals surface area contributed by atoms with Crippen LogP contribution in [0.1, 0.15) is 26.7 Å². The minimum Gasteiger partial charge on any atom is -0.491 e. The number of aliphatic hydroxyl groups excluding tert-OH is 2. The number of aliphatic hydroxyl groups is 2. The average Bonchev–Trinajstić information content (AvgIpc) is 2.46. The number of hydrogen-bond donors (Lipinski definition) is 3. The zero-order valence-corrected chi connectivity index (χ0v) is 13.9. The lowest BCUT2D eigenvalue weighted by molar-refractivity contribution is 0.0934. The molecular formula is C15H23Cl2NO3. The van der Waals surface area contributed by atoms with Crippen molar-refractivity contribution in [1.82, 2.24) is 5.32 Å². The van der Waals surface area contributed by atoms with E-state index in [-0.39, 0.29) is 18.8 Å². The lowest BCUT2D eigenvalue weighted by Crippen LogP contribution is -2.47. The molecule has 0 bridgehead atoms. The average molecular weight is 336 g/mol. The highest BCUT2D eigenvalue weighted by Crippen LogP contribution is 2.26. The zero-order valence-electron chi connectivity index (χ0n) is 12.4. The Hall–Kier alpha value is -0.520. The summed E-state index contributed by atoms with van der Waals surface area (Å²) in [5.74, 6) is 0.567. The molecule has 1 rings (SSSR count). The third-order valence-corrected chi connectivity index (χ3v) is 4.28. The molecule has 4 nitrogen and oxygen atoms in total. The Labute approximate surface area is 136 Å². The van der Waals surface area contributed by atoms with Gasteiger partial charge in [-0.05, 0) is 31.9 Å². The Kier molecular flexibility index (Phi) is 7.77. The van der Waals surface area contributed by atoms with E-state index in [0.717, 1.165) is 6.42 Å². The van der Waals surface area contributed by atoms with Crippen molar-refractivity contribution < 1.29 is 14.9 Å². The summed E-state index contributed by atoms with van der Waals surface area (Å²) in [7, 11) is 0. The third kappa shape index (κ3) is 6.41. The predicted octanol–water partition coefficient (Wildman–Crippen LogP) is 2.87. The van der Waals surface area contributed by atoms with Crippen molar-refractivity contribution >= 4 is 23.2 Å².